The Morgan fingerprint density at radius 2 is 1.00 bits per heavy atom. The van der Waals surface area contributed by atoms with E-state index in [0.29, 0.717) is 12.8 Å². The summed E-state index contributed by atoms with van der Waals surface area (Å²) < 4.78 is 0. The smallest absolute Gasteiger partial charge is 0.123 e. The van der Waals surface area contributed by atoms with E-state index in [4.69, 9.17) is 0 Å². The predicted octanol–water partition coefficient (Wildman–Crippen LogP) is 3.37. The lowest BCUT2D eigenvalue weighted by atomic mass is 9.92. The van der Waals surface area contributed by atoms with Crippen molar-refractivity contribution in [3.05, 3.63) is 71.8 Å². The summed E-state index contributed by atoms with van der Waals surface area (Å²) in [6.07, 6.45) is 0.673. The molecule has 2 nitrogen and oxygen atoms in total. The third-order valence-electron chi connectivity index (χ3n) is 3.60. The number of benzene rings is 2. The number of hydrogen-bond acceptors (Lipinski definition) is 2. The molecule has 122 valence electrons. The van der Waals surface area contributed by atoms with Crippen molar-refractivity contribution in [2.75, 3.05) is 0 Å². The van der Waals surface area contributed by atoms with E-state index in [-0.39, 0.29) is 0 Å². The van der Waals surface area contributed by atoms with Crippen LogP contribution in [0.15, 0.2) is 60.7 Å². The second-order valence-corrected chi connectivity index (χ2v) is 6.28. The summed E-state index contributed by atoms with van der Waals surface area (Å²) >= 11 is 0. The van der Waals surface area contributed by atoms with Crippen LogP contribution in [0, 0.1) is 23.7 Å². The molecule has 0 aliphatic rings. The van der Waals surface area contributed by atoms with Gasteiger partial charge in [-0.2, -0.15) is 0 Å². The maximum absolute atomic E-state index is 10.4. The zero-order chi connectivity index (χ0) is 17.5. The van der Waals surface area contributed by atoms with Gasteiger partial charge in [0, 0.05) is 11.1 Å². The summed E-state index contributed by atoms with van der Waals surface area (Å²) in [6.45, 7) is 3.31. The Bertz CT molecular complexity index is 697. The molecule has 0 saturated carbocycles. The van der Waals surface area contributed by atoms with Crippen molar-refractivity contribution in [1.82, 2.24) is 0 Å². The van der Waals surface area contributed by atoms with Gasteiger partial charge >= 0.3 is 0 Å². The highest BCUT2D eigenvalue weighted by Crippen LogP contribution is 2.19. The molecule has 0 fully saturated rings. The molecule has 0 bridgehead atoms. The lowest BCUT2D eigenvalue weighted by Gasteiger charge is -2.22. The fourth-order valence-electron chi connectivity index (χ4n) is 2.07. The van der Waals surface area contributed by atoms with Crippen LogP contribution in [0.3, 0.4) is 0 Å². The van der Waals surface area contributed by atoms with E-state index < -0.39 is 11.2 Å². The van der Waals surface area contributed by atoms with E-state index in [1.54, 1.807) is 13.8 Å². The second kappa shape index (κ2) is 7.84. The van der Waals surface area contributed by atoms with Crippen LogP contribution in [0.1, 0.15) is 37.8 Å². The minimum absolute atomic E-state index is 0.337. The summed E-state index contributed by atoms with van der Waals surface area (Å²) in [4.78, 5) is 0. The van der Waals surface area contributed by atoms with Crippen LogP contribution in [0.5, 0.6) is 0 Å². The Morgan fingerprint density at radius 1 is 0.667 bits per heavy atom. The van der Waals surface area contributed by atoms with Gasteiger partial charge < -0.3 is 10.2 Å². The minimum atomic E-state index is -1.17. The zero-order valence-corrected chi connectivity index (χ0v) is 14.1. The molecule has 2 atom stereocenters. The van der Waals surface area contributed by atoms with Crippen molar-refractivity contribution in [3.63, 3.8) is 0 Å². The summed E-state index contributed by atoms with van der Waals surface area (Å²) in [5.41, 5.74) is -0.635. The van der Waals surface area contributed by atoms with E-state index in [1.807, 2.05) is 60.7 Å². The Kier molecular flexibility index (Phi) is 5.83. The van der Waals surface area contributed by atoms with Crippen LogP contribution in [0.2, 0.25) is 0 Å². The average molecular weight is 318 g/mol. The van der Waals surface area contributed by atoms with Gasteiger partial charge in [-0.1, -0.05) is 60.1 Å². The first kappa shape index (κ1) is 17.8. The minimum Gasteiger partial charge on any atom is -0.378 e. The highest BCUT2D eigenvalue weighted by molar-refractivity contribution is 5.37. The van der Waals surface area contributed by atoms with Crippen LogP contribution in [0.25, 0.3) is 0 Å². The highest BCUT2D eigenvalue weighted by atomic mass is 16.3. The summed E-state index contributed by atoms with van der Waals surface area (Å²) in [7, 11) is 0. The van der Waals surface area contributed by atoms with Gasteiger partial charge in [0.05, 0.1) is 0 Å². The van der Waals surface area contributed by atoms with Crippen molar-refractivity contribution in [2.24, 2.45) is 0 Å². The third kappa shape index (κ3) is 6.31. The maximum Gasteiger partial charge on any atom is 0.123 e. The average Bonchev–Trinajstić information content (AvgIpc) is 2.59. The first-order valence-electron chi connectivity index (χ1n) is 7.98. The predicted molar refractivity (Wildman–Crippen MR) is 97.1 cm³/mol. The van der Waals surface area contributed by atoms with Gasteiger partial charge in [0.25, 0.3) is 0 Å². The molecule has 2 heteroatoms. The molecule has 0 aliphatic carbocycles. The topological polar surface area (TPSA) is 40.5 Å². The molecule has 2 aromatic carbocycles. The normalized spacial score (nSPS) is 15.0. The number of rotatable bonds is 3. The fraction of sp³-hybridized carbons (Fsp3) is 0.273. The first-order chi connectivity index (χ1) is 11.4. The highest BCUT2D eigenvalue weighted by Gasteiger charge is 2.24. The van der Waals surface area contributed by atoms with E-state index in [9.17, 15) is 10.2 Å². The lowest BCUT2D eigenvalue weighted by molar-refractivity contribution is 0.0582. The van der Waals surface area contributed by atoms with Gasteiger partial charge in [0.1, 0.15) is 11.2 Å². The van der Waals surface area contributed by atoms with Crippen LogP contribution in [-0.4, -0.2) is 21.4 Å². The van der Waals surface area contributed by atoms with Crippen LogP contribution >= 0.6 is 0 Å². The summed E-state index contributed by atoms with van der Waals surface area (Å²) in [5.74, 6) is 11.7. The molecule has 0 radical (unpaired) electrons. The second-order valence-electron chi connectivity index (χ2n) is 6.28. The van der Waals surface area contributed by atoms with Crippen LogP contribution in [-0.2, 0) is 0 Å². The Balaban J connectivity index is 1.98. The third-order valence-corrected chi connectivity index (χ3v) is 3.60. The van der Waals surface area contributed by atoms with Crippen molar-refractivity contribution in [1.29, 1.82) is 0 Å². The summed E-state index contributed by atoms with van der Waals surface area (Å²) in [5, 5.41) is 20.8. The SMILES string of the molecule is CC(O)(C#Cc1ccccc1)CCC(C)(O)C#Cc1ccccc1. The van der Waals surface area contributed by atoms with Crippen molar-refractivity contribution < 1.29 is 10.2 Å². The molecule has 2 N–H and O–H groups in total. The van der Waals surface area contributed by atoms with Gasteiger partial charge in [-0.25, -0.2) is 0 Å². The van der Waals surface area contributed by atoms with E-state index in [2.05, 4.69) is 23.7 Å². The van der Waals surface area contributed by atoms with Crippen molar-refractivity contribution in [3.8, 4) is 23.7 Å². The molecule has 24 heavy (non-hydrogen) atoms. The molecule has 0 aromatic heterocycles. The van der Waals surface area contributed by atoms with Gasteiger partial charge in [-0.05, 0) is 51.0 Å². The molecule has 0 amide bonds. The molecule has 2 aromatic rings. The Hall–Kier alpha value is -2.52. The Morgan fingerprint density at radius 3 is 1.33 bits per heavy atom. The quantitative estimate of drug-likeness (QED) is 0.852. The standard InChI is InChI=1S/C22H22O2/c1-21(23,15-13-19-9-5-3-6-10-19)17-18-22(2,24)16-14-20-11-7-4-8-12-20/h3-12,23-24H,17-18H2,1-2H3. The largest absolute Gasteiger partial charge is 0.378 e. The van der Waals surface area contributed by atoms with Gasteiger partial charge in [0.15, 0.2) is 0 Å². The zero-order valence-electron chi connectivity index (χ0n) is 14.1. The fourth-order valence-corrected chi connectivity index (χ4v) is 2.07. The molecular weight excluding hydrogens is 296 g/mol. The molecule has 2 rings (SSSR count). The molecule has 0 heterocycles. The Labute approximate surface area is 144 Å². The monoisotopic (exact) mass is 318 g/mol. The first-order valence-corrected chi connectivity index (χ1v) is 7.98. The van der Waals surface area contributed by atoms with Crippen LogP contribution < -0.4 is 0 Å². The number of aliphatic hydroxyl groups is 2. The lowest BCUT2D eigenvalue weighted by Crippen LogP contribution is -2.29. The van der Waals surface area contributed by atoms with E-state index in [0.717, 1.165) is 11.1 Å². The van der Waals surface area contributed by atoms with Crippen molar-refractivity contribution in [2.45, 2.75) is 37.9 Å². The molecule has 0 saturated heterocycles. The molecular formula is C22H22O2. The number of hydrogen-bond donors (Lipinski definition) is 2. The molecule has 0 aliphatic heterocycles. The van der Waals surface area contributed by atoms with Gasteiger partial charge in [-0.15, -0.1) is 0 Å². The van der Waals surface area contributed by atoms with E-state index in [1.165, 1.54) is 0 Å². The van der Waals surface area contributed by atoms with Crippen molar-refractivity contribution >= 4 is 0 Å². The maximum atomic E-state index is 10.4. The van der Waals surface area contributed by atoms with Crippen LogP contribution in [0.4, 0.5) is 0 Å². The molecule has 2 unspecified atom stereocenters. The summed E-state index contributed by atoms with van der Waals surface area (Å²) in [6, 6.07) is 19.0. The molecule has 0 spiro atoms. The van der Waals surface area contributed by atoms with Gasteiger partial charge in [-0.3, -0.25) is 0 Å². The van der Waals surface area contributed by atoms with E-state index >= 15 is 0 Å². The van der Waals surface area contributed by atoms with Gasteiger partial charge in [0.2, 0.25) is 0 Å².